The number of carboxylic acid groups (broad SMARTS) is 2. The van der Waals surface area contributed by atoms with Crippen molar-refractivity contribution in [2.45, 2.75) is 25.7 Å². The number of para-hydroxylation sites is 1. The average Bonchev–Trinajstić information content (AvgIpc) is 3.37. The third kappa shape index (κ3) is 8.20. The van der Waals surface area contributed by atoms with Crippen molar-refractivity contribution in [1.82, 2.24) is 4.90 Å². The highest BCUT2D eigenvalue weighted by Gasteiger charge is 2.20. The molecular formula is C32H33NO7. The molecule has 8 nitrogen and oxygen atoms in total. The first-order chi connectivity index (χ1) is 19.4. The first kappa shape index (κ1) is 28.4. The first-order valence-electron chi connectivity index (χ1n) is 13.4. The van der Waals surface area contributed by atoms with Gasteiger partial charge in [-0.15, -0.1) is 0 Å². The number of aromatic carboxylic acids is 2. The highest BCUT2D eigenvalue weighted by atomic mass is 16.6. The highest BCUT2D eigenvalue weighted by molar-refractivity contribution is 5.88. The van der Waals surface area contributed by atoms with Gasteiger partial charge in [0, 0.05) is 12.1 Å². The van der Waals surface area contributed by atoms with Gasteiger partial charge in [-0.05, 0) is 73.1 Å². The number of aryl methyl sites for hydroxylation is 1. The second kappa shape index (κ2) is 14.0. The van der Waals surface area contributed by atoms with E-state index in [2.05, 4.69) is 12.2 Å². The molecule has 0 aromatic heterocycles. The summed E-state index contributed by atoms with van der Waals surface area (Å²) in [6.07, 6.45) is 6.93. The highest BCUT2D eigenvalue weighted by Crippen LogP contribution is 2.24. The molecule has 1 atom stereocenters. The van der Waals surface area contributed by atoms with Crippen LogP contribution in [0.1, 0.15) is 50.2 Å². The van der Waals surface area contributed by atoms with E-state index in [1.165, 1.54) is 0 Å². The van der Waals surface area contributed by atoms with Gasteiger partial charge in [-0.3, -0.25) is 0 Å². The zero-order valence-electron chi connectivity index (χ0n) is 22.2. The third-order valence-corrected chi connectivity index (χ3v) is 6.85. The molecule has 1 saturated heterocycles. The number of hydrogen-bond acceptors (Lipinski definition) is 5. The van der Waals surface area contributed by atoms with Crippen molar-refractivity contribution in [3.8, 4) is 5.75 Å². The van der Waals surface area contributed by atoms with Gasteiger partial charge in [0.15, 0.2) is 0 Å². The molecule has 40 heavy (non-hydrogen) atoms. The number of rotatable bonds is 14. The standard InChI is InChI=1S/C32H33NO7/c34-30(35)27-14-8-23(9-15-27)6-7-24(22-25-11-16-28(17-12-25)31(36)37)10-13-26-4-1-2-5-29(26)39-20-3-18-33-19-21-40-32(33)38/h1-2,4-5,8-17,24H,3,6-7,18-22H2,(H,34,35)(H,36,37). The molecule has 0 spiro atoms. The summed E-state index contributed by atoms with van der Waals surface area (Å²) >= 11 is 0. The molecule has 0 bridgehead atoms. The summed E-state index contributed by atoms with van der Waals surface area (Å²) in [4.78, 5) is 35.7. The number of allylic oxidation sites excluding steroid dienone is 1. The van der Waals surface area contributed by atoms with Crippen LogP contribution in [0.3, 0.4) is 0 Å². The van der Waals surface area contributed by atoms with Gasteiger partial charge in [0.2, 0.25) is 0 Å². The number of hydrogen-bond donors (Lipinski definition) is 2. The number of carbonyl (C=O) groups is 3. The fraction of sp³-hybridized carbons (Fsp3) is 0.281. The topological polar surface area (TPSA) is 113 Å². The summed E-state index contributed by atoms with van der Waals surface area (Å²) in [6.45, 7) is 2.11. The Hall–Kier alpha value is -4.59. The zero-order chi connectivity index (χ0) is 28.3. The summed E-state index contributed by atoms with van der Waals surface area (Å²) in [7, 11) is 0. The van der Waals surface area contributed by atoms with Gasteiger partial charge in [-0.2, -0.15) is 0 Å². The lowest BCUT2D eigenvalue weighted by Gasteiger charge is -2.15. The Morgan fingerprint density at radius 3 is 2.20 bits per heavy atom. The fourth-order valence-corrected chi connectivity index (χ4v) is 4.57. The van der Waals surface area contributed by atoms with E-state index in [0.29, 0.717) is 32.7 Å². The predicted octanol–water partition coefficient (Wildman–Crippen LogP) is 5.81. The largest absolute Gasteiger partial charge is 0.493 e. The Bertz CT molecular complexity index is 1330. The van der Waals surface area contributed by atoms with E-state index in [1.807, 2.05) is 48.5 Å². The summed E-state index contributed by atoms with van der Waals surface area (Å²) in [5.74, 6) is -0.998. The number of ether oxygens (including phenoxy) is 2. The van der Waals surface area contributed by atoms with Gasteiger partial charge >= 0.3 is 18.0 Å². The van der Waals surface area contributed by atoms with Crippen LogP contribution in [-0.4, -0.2) is 59.4 Å². The van der Waals surface area contributed by atoms with Gasteiger partial charge in [-0.1, -0.05) is 54.6 Å². The molecule has 2 N–H and O–H groups in total. The molecule has 0 saturated carbocycles. The zero-order valence-corrected chi connectivity index (χ0v) is 22.2. The van der Waals surface area contributed by atoms with Crippen LogP contribution >= 0.6 is 0 Å². The maximum Gasteiger partial charge on any atom is 0.409 e. The van der Waals surface area contributed by atoms with Crippen LogP contribution in [0, 0.1) is 5.92 Å². The van der Waals surface area contributed by atoms with Crippen LogP contribution in [-0.2, 0) is 17.6 Å². The number of amides is 1. The number of carboxylic acids is 2. The van der Waals surface area contributed by atoms with Crippen molar-refractivity contribution in [2.75, 3.05) is 26.3 Å². The van der Waals surface area contributed by atoms with Gasteiger partial charge in [-0.25, -0.2) is 14.4 Å². The normalized spacial score (nSPS) is 13.8. The summed E-state index contributed by atoms with van der Waals surface area (Å²) in [5.41, 5.74) is 3.54. The van der Waals surface area contributed by atoms with Crippen LogP contribution in [0.2, 0.25) is 0 Å². The number of nitrogens with zero attached hydrogens (tertiary/aromatic N) is 1. The van der Waals surface area contributed by atoms with Gasteiger partial charge < -0.3 is 24.6 Å². The molecule has 4 rings (SSSR count). The predicted molar refractivity (Wildman–Crippen MR) is 151 cm³/mol. The van der Waals surface area contributed by atoms with Crippen LogP contribution in [0.25, 0.3) is 6.08 Å². The van der Waals surface area contributed by atoms with Crippen LogP contribution in [0.5, 0.6) is 5.75 Å². The minimum absolute atomic E-state index is 0.143. The van der Waals surface area contributed by atoms with E-state index in [1.54, 1.807) is 29.2 Å². The maximum atomic E-state index is 11.6. The molecule has 3 aromatic carbocycles. The monoisotopic (exact) mass is 543 g/mol. The van der Waals surface area contributed by atoms with Crippen molar-refractivity contribution < 1.29 is 34.1 Å². The van der Waals surface area contributed by atoms with E-state index < -0.39 is 11.9 Å². The quantitative estimate of drug-likeness (QED) is 0.247. The van der Waals surface area contributed by atoms with Crippen LogP contribution in [0.4, 0.5) is 4.79 Å². The first-order valence-corrected chi connectivity index (χ1v) is 13.4. The second-order valence-corrected chi connectivity index (χ2v) is 9.71. The molecule has 8 heteroatoms. The van der Waals surface area contributed by atoms with Crippen molar-refractivity contribution in [1.29, 1.82) is 0 Å². The Kier molecular flexibility index (Phi) is 9.93. The van der Waals surface area contributed by atoms with E-state index in [9.17, 15) is 19.5 Å². The van der Waals surface area contributed by atoms with Gasteiger partial charge in [0.05, 0.1) is 24.3 Å². The van der Waals surface area contributed by atoms with Crippen LogP contribution in [0.15, 0.2) is 78.9 Å². The van der Waals surface area contributed by atoms with Gasteiger partial charge in [0.25, 0.3) is 0 Å². The molecule has 1 fully saturated rings. The molecule has 0 aliphatic carbocycles. The Morgan fingerprint density at radius 1 is 0.925 bits per heavy atom. The minimum Gasteiger partial charge on any atom is -0.493 e. The Labute approximate surface area is 233 Å². The molecule has 1 aliphatic rings. The van der Waals surface area contributed by atoms with E-state index in [0.717, 1.165) is 41.7 Å². The lowest BCUT2D eigenvalue weighted by atomic mass is 9.91. The molecule has 1 aliphatic heterocycles. The van der Waals surface area contributed by atoms with E-state index >= 15 is 0 Å². The minimum atomic E-state index is -0.954. The smallest absolute Gasteiger partial charge is 0.409 e. The lowest BCUT2D eigenvalue weighted by molar-refractivity contribution is 0.0686. The molecule has 0 radical (unpaired) electrons. The molecule has 1 unspecified atom stereocenters. The van der Waals surface area contributed by atoms with E-state index in [-0.39, 0.29) is 23.1 Å². The Balaban J connectivity index is 1.43. The average molecular weight is 544 g/mol. The third-order valence-electron chi connectivity index (χ3n) is 6.85. The molecule has 1 amide bonds. The van der Waals surface area contributed by atoms with Crippen molar-refractivity contribution in [3.63, 3.8) is 0 Å². The molecule has 208 valence electrons. The second-order valence-electron chi connectivity index (χ2n) is 9.71. The summed E-state index contributed by atoms with van der Waals surface area (Å²) < 4.78 is 11.0. The molecule has 3 aromatic rings. The number of carbonyl (C=O) groups excluding carboxylic acids is 1. The van der Waals surface area contributed by atoms with Gasteiger partial charge in [0.1, 0.15) is 12.4 Å². The van der Waals surface area contributed by atoms with Crippen molar-refractivity contribution in [3.05, 3.63) is 107 Å². The lowest BCUT2D eigenvalue weighted by Crippen LogP contribution is -2.26. The summed E-state index contributed by atoms with van der Waals surface area (Å²) in [5, 5.41) is 18.4. The Morgan fingerprint density at radius 2 is 1.57 bits per heavy atom. The van der Waals surface area contributed by atoms with Crippen molar-refractivity contribution >= 4 is 24.1 Å². The molecular weight excluding hydrogens is 510 g/mol. The van der Waals surface area contributed by atoms with E-state index in [4.69, 9.17) is 14.6 Å². The SMILES string of the molecule is O=C(O)c1ccc(CCC(C=Cc2ccccc2OCCCN2CCOC2=O)Cc2ccc(C(=O)O)cc2)cc1. The van der Waals surface area contributed by atoms with Crippen molar-refractivity contribution in [2.24, 2.45) is 5.92 Å². The summed E-state index contributed by atoms with van der Waals surface area (Å²) in [6, 6.07) is 21.7. The number of cyclic esters (lactones) is 1. The molecule has 1 heterocycles. The maximum absolute atomic E-state index is 11.6. The fourth-order valence-electron chi connectivity index (χ4n) is 4.57. The van der Waals surface area contributed by atoms with Crippen LogP contribution < -0.4 is 4.74 Å². The number of benzene rings is 3.